The summed E-state index contributed by atoms with van der Waals surface area (Å²) in [6.07, 6.45) is 3.67. The van der Waals surface area contributed by atoms with Crippen molar-refractivity contribution in [1.82, 2.24) is 10.3 Å². The molecule has 1 unspecified atom stereocenters. The molecule has 0 saturated carbocycles. The average Bonchev–Trinajstić information content (AvgIpc) is 2.61. The van der Waals surface area contributed by atoms with E-state index in [0.717, 1.165) is 49.3 Å². The number of amides is 1. The molecule has 2 N–H and O–H groups in total. The van der Waals surface area contributed by atoms with Crippen molar-refractivity contribution in [3.05, 3.63) is 63.1 Å². The molecule has 0 saturated heterocycles. The quantitative estimate of drug-likeness (QED) is 0.878. The Hall–Kier alpha value is -2.56. The minimum atomic E-state index is -0.241. The first kappa shape index (κ1) is 17.3. The van der Waals surface area contributed by atoms with E-state index < -0.39 is 0 Å². The Morgan fingerprint density at radius 1 is 1.32 bits per heavy atom. The lowest BCUT2D eigenvalue weighted by Gasteiger charge is -2.20. The van der Waals surface area contributed by atoms with Crippen molar-refractivity contribution in [2.45, 2.75) is 45.6 Å². The van der Waals surface area contributed by atoms with Crippen LogP contribution in [0, 0.1) is 0 Å². The van der Waals surface area contributed by atoms with Crippen molar-refractivity contribution in [3.63, 3.8) is 0 Å². The Bertz CT molecular complexity index is 826. The molecule has 1 aromatic heterocycles. The first-order valence-corrected chi connectivity index (χ1v) is 8.86. The van der Waals surface area contributed by atoms with E-state index in [4.69, 9.17) is 4.74 Å². The van der Waals surface area contributed by atoms with Crippen LogP contribution in [0.5, 0.6) is 5.75 Å². The molecule has 0 aliphatic carbocycles. The normalized spacial score (nSPS) is 14.3. The molecule has 2 heterocycles. The first-order chi connectivity index (χ1) is 12.1. The van der Waals surface area contributed by atoms with Crippen molar-refractivity contribution in [1.29, 1.82) is 0 Å². The van der Waals surface area contributed by atoms with Crippen molar-refractivity contribution in [3.8, 4) is 5.75 Å². The average molecular weight is 340 g/mol. The second-order valence-corrected chi connectivity index (χ2v) is 6.52. The number of ether oxygens (including phenoxy) is 1. The van der Waals surface area contributed by atoms with Crippen LogP contribution in [0.3, 0.4) is 0 Å². The largest absolute Gasteiger partial charge is 0.493 e. The third-order valence-electron chi connectivity index (χ3n) is 4.46. The van der Waals surface area contributed by atoms with E-state index in [1.807, 2.05) is 26.0 Å². The minimum Gasteiger partial charge on any atom is -0.493 e. The fourth-order valence-corrected chi connectivity index (χ4v) is 3.15. The Morgan fingerprint density at radius 2 is 2.16 bits per heavy atom. The van der Waals surface area contributed by atoms with Gasteiger partial charge in [0.15, 0.2) is 0 Å². The molecule has 0 radical (unpaired) electrons. The number of pyridine rings is 1. The number of carbonyl (C=O) groups is 1. The van der Waals surface area contributed by atoms with Gasteiger partial charge in [-0.15, -0.1) is 0 Å². The van der Waals surface area contributed by atoms with E-state index in [1.54, 1.807) is 6.07 Å². The van der Waals surface area contributed by atoms with E-state index in [1.165, 1.54) is 11.6 Å². The number of rotatable bonds is 5. The van der Waals surface area contributed by atoms with E-state index in [-0.39, 0.29) is 17.5 Å². The van der Waals surface area contributed by atoms with Crippen LogP contribution in [0.4, 0.5) is 0 Å². The van der Waals surface area contributed by atoms with Gasteiger partial charge in [-0.05, 0) is 49.4 Å². The van der Waals surface area contributed by atoms with Gasteiger partial charge >= 0.3 is 0 Å². The summed E-state index contributed by atoms with van der Waals surface area (Å²) in [6, 6.07) is 9.01. The Kier molecular flexibility index (Phi) is 5.22. The van der Waals surface area contributed by atoms with Crippen molar-refractivity contribution >= 4 is 5.91 Å². The van der Waals surface area contributed by atoms with Crippen LogP contribution in [0.15, 0.2) is 35.1 Å². The molecule has 1 aromatic carbocycles. The smallest absolute Gasteiger partial charge is 0.252 e. The highest BCUT2D eigenvalue weighted by Crippen LogP contribution is 2.27. The summed E-state index contributed by atoms with van der Waals surface area (Å²) >= 11 is 0. The number of hydrogen-bond donors (Lipinski definition) is 2. The fourth-order valence-electron chi connectivity index (χ4n) is 3.15. The maximum atomic E-state index is 12.5. The molecule has 132 valence electrons. The molecule has 2 aromatic rings. The third kappa shape index (κ3) is 4.10. The molecule has 3 rings (SSSR count). The lowest BCUT2D eigenvalue weighted by atomic mass is 10.00. The van der Waals surface area contributed by atoms with Gasteiger partial charge in [0.05, 0.1) is 12.6 Å². The lowest BCUT2D eigenvalue weighted by molar-refractivity contribution is 0.0939. The second kappa shape index (κ2) is 7.55. The molecular weight excluding hydrogens is 316 g/mol. The molecule has 1 amide bonds. The Morgan fingerprint density at radius 3 is 2.96 bits per heavy atom. The summed E-state index contributed by atoms with van der Waals surface area (Å²) in [5.41, 5.74) is 3.18. The predicted octanol–water partition coefficient (Wildman–Crippen LogP) is 3.14. The number of nitrogens with one attached hydrogen (secondary N) is 2. The van der Waals surface area contributed by atoms with Gasteiger partial charge in [0, 0.05) is 17.3 Å². The molecular formula is C20H24N2O3. The van der Waals surface area contributed by atoms with E-state index in [0.29, 0.717) is 5.56 Å². The molecule has 0 spiro atoms. The van der Waals surface area contributed by atoms with E-state index in [2.05, 4.69) is 16.4 Å². The van der Waals surface area contributed by atoms with Gasteiger partial charge < -0.3 is 15.0 Å². The maximum Gasteiger partial charge on any atom is 0.252 e. The summed E-state index contributed by atoms with van der Waals surface area (Å²) < 4.78 is 5.63. The fraction of sp³-hybridized carbons (Fsp3) is 0.400. The first-order valence-electron chi connectivity index (χ1n) is 8.86. The maximum absolute atomic E-state index is 12.5. The van der Waals surface area contributed by atoms with Crippen LogP contribution in [-0.2, 0) is 12.8 Å². The zero-order valence-electron chi connectivity index (χ0n) is 14.7. The Labute approximate surface area is 147 Å². The molecule has 5 heteroatoms. The number of H-pyrrole nitrogens is 1. The molecule has 25 heavy (non-hydrogen) atoms. The van der Waals surface area contributed by atoms with Gasteiger partial charge in [-0.1, -0.05) is 25.5 Å². The van der Waals surface area contributed by atoms with Crippen LogP contribution >= 0.6 is 0 Å². The summed E-state index contributed by atoms with van der Waals surface area (Å²) in [6.45, 7) is 4.75. The SMILES string of the molecule is CCCc1cc(C(=O)NC(C)c2ccc3c(c2)CCCO3)cc(=O)[nH]1. The van der Waals surface area contributed by atoms with Gasteiger partial charge in [0.1, 0.15) is 5.75 Å². The topological polar surface area (TPSA) is 71.2 Å². The van der Waals surface area contributed by atoms with Gasteiger partial charge in [0.2, 0.25) is 5.56 Å². The summed E-state index contributed by atoms with van der Waals surface area (Å²) in [5.74, 6) is 0.706. The number of aryl methyl sites for hydroxylation is 2. The highest BCUT2D eigenvalue weighted by atomic mass is 16.5. The van der Waals surface area contributed by atoms with E-state index >= 15 is 0 Å². The molecule has 1 aliphatic heterocycles. The predicted molar refractivity (Wildman–Crippen MR) is 97.2 cm³/mol. The van der Waals surface area contributed by atoms with Crippen LogP contribution in [0.1, 0.15) is 59.9 Å². The third-order valence-corrected chi connectivity index (χ3v) is 4.46. The monoisotopic (exact) mass is 340 g/mol. The number of aromatic nitrogens is 1. The minimum absolute atomic E-state index is 0.145. The Balaban J connectivity index is 1.75. The summed E-state index contributed by atoms with van der Waals surface area (Å²) in [5, 5.41) is 2.98. The van der Waals surface area contributed by atoms with Crippen molar-refractivity contribution in [2.75, 3.05) is 6.61 Å². The summed E-state index contributed by atoms with van der Waals surface area (Å²) in [7, 11) is 0. The lowest BCUT2D eigenvalue weighted by Crippen LogP contribution is -2.28. The molecule has 5 nitrogen and oxygen atoms in total. The molecule has 1 atom stereocenters. The second-order valence-electron chi connectivity index (χ2n) is 6.52. The van der Waals surface area contributed by atoms with Crippen LogP contribution < -0.4 is 15.6 Å². The number of benzene rings is 1. The zero-order valence-corrected chi connectivity index (χ0v) is 14.7. The highest BCUT2D eigenvalue weighted by Gasteiger charge is 2.16. The molecule has 1 aliphatic rings. The van der Waals surface area contributed by atoms with Crippen molar-refractivity contribution < 1.29 is 9.53 Å². The van der Waals surface area contributed by atoms with Gasteiger partial charge in [-0.25, -0.2) is 0 Å². The van der Waals surface area contributed by atoms with Crippen LogP contribution in [-0.4, -0.2) is 17.5 Å². The highest BCUT2D eigenvalue weighted by molar-refractivity contribution is 5.94. The molecule has 0 fully saturated rings. The van der Waals surface area contributed by atoms with Crippen LogP contribution in [0.2, 0.25) is 0 Å². The standard InChI is InChI=1S/C20H24N2O3/c1-3-5-17-11-16(12-19(23)22-17)20(24)21-13(2)14-7-8-18-15(10-14)6-4-9-25-18/h7-8,10-13H,3-6,9H2,1-2H3,(H,21,24)(H,22,23). The van der Waals surface area contributed by atoms with E-state index in [9.17, 15) is 9.59 Å². The number of carbonyl (C=O) groups excluding carboxylic acids is 1. The van der Waals surface area contributed by atoms with Gasteiger partial charge in [-0.3, -0.25) is 9.59 Å². The molecule has 0 bridgehead atoms. The zero-order chi connectivity index (χ0) is 17.8. The summed E-state index contributed by atoms with van der Waals surface area (Å²) in [4.78, 5) is 27.1. The number of aromatic amines is 1. The number of fused-ring (bicyclic) bond motifs is 1. The van der Waals surface area contributed by atoms with Crippen LogP contribution in [0.25, 0.3) is 0 Å². The van der Waals surface area contributed by atoms with Gasteiger partial charge in [-0.2, -0.15) is 0 Å². The number of hydrogen-bond acceptors (Lipinski definition) is 3. The van der Waals surface area contributed by atoms with Crippen molar-refractivity contribution in [2.24, 2.45) is 0 Å². The van der Waals surface area contributed by atoms with Gasteiger partial charge in [0.25, 0.3) is 5.91 Å².